The van der Waals surface area contributed by atoms with Crippen LogP contribution in [0.5, 0.6) is 0 Å². The number of hydrogen-bond acceptors (Lipinski definition) is 6. The van der Waals surface area contributed by atoms with Gasteiger partial charge in [-0.15, -0.1) is 5.10 Å². The topological polar surface area (TPSA) is 96.2 Å². The maximum atomic E-state index is 14.8. The van der Waals surface area contributed by atoms with Crippen LogP contribution in [0.4, 0.5) is 14.6 Å². The molecule has 1 aliphatic heterocycles. The van der Waals surface area contributed by atoms with E-state index in [-0.39, 0.29) is 25.4 Å². The van der Waals surface area contributed by atoms with Gasteiger partial charge >= 0.3 is 0 Å². The number of alkyl halides is 1. The average molecular weight is 510 g/mol. The Bertz CT molecular complexity index is 1280. The zero-order chi connectivity index (χ0) is 26.1. The summed E-state index contributed by atoms with van der Waals surface area (Å²) in [5.74, 6) is -0.732. The minimum absolute atomic E-state index is 0.123. The fourth-order valence-electron chi connectivity index (χ4n) is 4.64. The highest BCUT2D eigenvalue weighted by molar-refractivity contribution is 5.88. The van der Waals surface area contributed by atoms with E-state index in [2.05, 4.69) is 20.6 Å². The summed E-state index contributed by atoms with van der Waals surface area (Å²) in [7, 11) is 3.60. The molecular weight excluding hydrogens is 480 g/mol. The van der Waals surface area contributed by atoms with E-state index >= 15 is 0 Å². The van der Waals surface area contributed by atoms with Crippen LogP contribution in [0.25, 0.3) is 0 Å². The van der Waals surface area contributed by atoms with Crippen molar-refractivity contribution >= 4 is 17.6 Å². The summed E-state index contributed by atoms with van der Waals surface area (Å²) in [6, 6.07) is 10.7. The van der Waals surface area contributed by atoms with Crippen molar-refractivity contribution in [2.75, 3.05) is 25.5 Å². The van der Waals surface area contributed by atoms with E-state index in [1.54, 1.807) is 37.3 Å². The summed E-state index contributed by atoms with van der Waals surface area (Å²) in [6.07, 6.45) is 2.03. The summed E-state index contributed by atoms with van der Waals surface area (Å²) in [6.45, 7) is -0.361. The number of nitrogens with one attached hydrogen (secondary N) is 1. The number of rotatable bonds is 8. The standard InChI is InChI=1S/C26H29F2N7O2/c1-33(2)22-14-34(32-31-22)15-23(36)35-13-18(27)12-21(35)26(37)30-24(17-6-4-3-5-7-17)20-11-10-19(16-8-9-16)25(28)29-20/h3-7,10-11,14,16,18,21,24H,8-9,12-13,15H2,1-2H3,(H,30,37). The summed E-state index contributed by atoms with van der Waals surface area (Å²) < 4.78 is 30.6. The molecule has 3 aromatic rings. The third kappa shape index (κ3) is 5.45. The molecule has 2 fully saturated rings. The number of halogens is 2. The number of carbonyl (C=O) groups is 2. The molecule has 0 bridgehead atoms. The van der Waals surface area contributed by atoms with E-state index in [1.165, 1.54) is 9.58 Å². The summed E-state index contributed by atoms with van der Waals surface area (Å²) in [5.41, 5.74) is 1.63. The van der Waals surface area contributed by atoms with E-state index in [1.807, 2.05) is 30.3 Å². The predicted octanol–water partition coefficient (Wildman–Crippen LogP) is 2.60. The Balaban J connectivity index is 1.36. The number of likely N-dealkylation sites (tertiary alicyclic amines) is 1. The average Bonchev–Trinajstić information content (AvgIpc) is 3.47. The molecule has 1 aliphatic carbocycles. The van der Waals surface area contributed by atoms with Crippen LogP contribution >= 0.6 is 0 Å². The van der Waals surface area contributed by atoms with Crippen molar-refractivity contribution in [1.82, 2.24) is 30.2 Å². The van der Waals surface area contributed by atoms with Gasteiger partial charge in [0.15, 0.2) is 5.82 Å². The Kier molecular flexibility index (Phi) is 6.86. The molecular formula is C26H29F2N7O2. The first kappa shape index (κ1) is 24.8. The van der Waals surface area contributed by atoms with Crippen molar-refractivity contribution < 1.29 is 18.4 Å². The Hall–Kier alpha value is -3.89. The highest BCUT2D eigenvalue weighted by Gasteiger charge is 2.41. The van der Waals surface area contributed by atoms with Crippen molar-refractivity contribution in [2.45, 2.75) is 50.0 Å². The first-order chi connectivity index (χ1) is 17.8. The van der Waals surface area contributed by atoms with Crippen molar-refractivity contribution in [1.29, 1.82) is 0 Å². The third-order valence-corrected chi connectivity index (χ3v) is 6.79. The van der Waals surface area contributed by atoms with Gasteiger partial charge in [-0.1, -0.05) is 41.6 Å². The van der Waals surface area contributed by atoms with Gasteiger partial charge in [0.1, 0.15) is 18.8 Å². The van der Waals surface area contributed by atoms with Gasteiger partial charge in [-0.2, -0.15) is 4.39 Å². The molecule has 1 aromatic carbocycles. The normalized spacial score (nSPS) is 20.1. The Morgan fingerprint density at radius 2 is 1.92 bits per heavy atom. The van der Waals surface area contributed by atoms with Crippen LogP contribution in [0.15, 0.2) is 48.7 Å². The maximum Gasteiger partial charge on any atom is 0.245 e. The van der Waals surface area contributed by atoms with Crippen LogP contribution in [-0.4, -0.2) is 69.5 Å². The molecule has 2 aliphatic rings. The first-order valence-corrected chi connectivity index (χ1v) is 12.3. The van der Waals surface area contributed by atoms with Gasteiger partial charge in [0.05, 0.1) is 24.5 Å². The number of nitrogens with zero attached hydrogens (tertiary/aromatic N) is 6. The molecule has 3 atom stereocenters. The predicted molar refractivity (Wildman–Crippen MR) is 132 cm³/mol. The molecule has 1 saturated heterocycles. The van der Waals surface area contributed by atoms with Crippen LogP contribution < -0.4 is 10.2 Å². The lowest BCUT2D eigenvalue weighted by atomic mass is 10.0. The third-order valence-electron chi connectivity index (χ3n) is 6.79. The number of aromatic nitrogens is 4. The molecule has 0 radical (unpaired) electrons. The van der Waals surface area contributed by atoms with E-state index < -0.39 is 36.0 Å². The van der Waals surface area contributed by atoms with Crippen LogP contribution in [0.1, 0.15) is 48.0 Å². The molecule has 2 amide bonds. The second-order valence-corrected chi connectivity index (χ2v) is 9.81. The number of anilines is 1. The minimum Gasteiger partial charge on any atom is -0.360 e. The van der Waals surface area contributed by atoms with Crippen LogP contribution in [0.2, 0.25) is 0 Å². The molecule has 1 N–H and O–H groups in total. The van der Waals surface area contributed by atoms with Gasteiger partial charge in [0.25, 0.3) is 0 Å². The van der Waals surface area contributed by atoms with Crippen molar-refractivity contribution in [3.05, 3.63) is 71.4 Å². The van der Waals surface area contributed by atoms with Gasteiger partial charge < -0.3 is 15.1 Å². The van der Waals surface area contributed by atoms with Gasteiger partial charge in [-0.05, 0) is 30.4 Å². The smallest absolute Gasteiger partial charge is 0.245 e. The largest absolute Gasteiger partial charge is 0.360 e. The van der Waals surface area contributed by atoms with Crippen LogP contribution in [-0.2, 0) is 16.1 Å². The fourth-order valence-corrected chi connectivity index (χ4v) is 4.64. The fraction of sp³-hybridized carbons (Fsp3) is 0.423. The molecule has 0 spiro atoms. The number of pyridine rings is 1. The highest BCUT2D eigenvalue weighted by atomic mass is 19.1. The molecule has 37 heavy (non-hydrogen) atoms. The van der Waals surface area contributed by atoms with Crippen molar-refractivity contribution in [3.8, 4) is 0 Å². The second-order valence-electron chi connectivity index (χ2n) is 9.81. The van der Waals surface area contributed by atoms with E-state index in [9.17, 15) is 18.4 Å². The monoisotopic (exact) mass is 509 g/mol. The zero-order valence-corrected chi connectivity index (χ0v) is 20.7. The first-order valence-electron chi connectivity index (χ1n) is 12.3. The van der Waals surface area contributed by atoms with E-state index in [0.29, 0.717) is 22.6 Å². The Morgan fingerprint density at radius 1 is 1.16 bits per heavy atom. The van der Waals surface area contributed by atoms with Gasteiger partial charge in [0.2, 0.25) is 17.8 Å². The number of benzene rings is 1. The lowest BCUT2D eigenvalue weighted by molar-refractivity contribution is -0.139. The molecule has 11 heteroatoms. The van der Waals surface area contributed by atoms with E-state index in [4.69, 9.17) is 0 Å². The van der Waals surface area contributed by atoms with Crippen LogP contribution in [0, 0.1) is 5.95 Å². The zero-order valence-electron chi connectivity index (χ0n) is 20.7. The quantitative estimate of drug-likeness (QED) is 0.469. The Labute approximate surface area is 213 Å². The van der Waals surface area contributed by atoms with E-state index in [0.717, 1.165) is 12.8 Å². The minimum atomic E-state index is -1.34. The van der Waals surface area contributed by atoms with Gasteiger partial charge in [-0.3, -0.25) is 9.59 Å². The number of carbonyl (C=O) groups excluding carboxylic acids is 2. The highest BCUT2D eigenvalue weighted by Crippen LogP contribution is 2.41. The van der Waals surface area contributed by atoms with Crippen molar-refractivity contribution in [3.63, 3.8) is 0 Å². The maximum absolute atomic E-state index is 14.8. The summed E-state index contributed by atoms with van der Waals surface area (Å²) in [5, 5.41) is 10.8. The van der Waals surface area contributed by atoms with Gasteiger partial charge in [0, 0.05) is 26.1 Å². The number of amides is 2. The Morgan fingerprint density at radius 3 is 2.57 bits per heavy atom. The summed E-state index contributed by atoms with van der Waals surface area (Å²) in [4.78, 5) is 33.6. The SMILES string of the molecule is CN(C)c1cn(CC(=O)N2CC(F)CC2C(=O)NC(c2ccccc2)c2ccc(C3CC3)c(F)n2)nn1. The molecule has 194 valence electrons. The van der Waals surface area contributed by atoms with Gasteiger partial charge in [-0.25, -0.2) is 14.1 Å². The molecule has 3 heterocycles. The number of hydrogen-bond donors (Lipinski definition) is 1. The summed E-state index contributed by atoms with van der Waals surface area (Å²) >= 11 is 0. The lowest BCUT2D eigenvalue weighted by Crippen LogP contribution is -2.48. The molecule has 9 nitrogen and oxygen atoms in total. The van der Waals surface area contributed by atoms with Crippen LogP contribution in [0.3, 0.4) is 0 Å². The molecule has 2 aromatic heterocycles. The van der Waals surface area contributed by atoms with Crippen molar-refractivity contribution in [2.24, 2.45) is 0 Å². The lowest BCUT2D eigenvalue weighted by Gasteiger charge is -2.26. The molecule has 3 unspecified atom stereocenters. The second kappa shape index (κ2) is 10.2. The molecule has 1 saturated carbocycles. The molecule has 5 rings (SSSR count).